The van der Waals surface area contributed by atoms with E-state index in [1.54, 1.807) is 13.0 Å². The molecule has 0 heterocycles. The largest absolute Gasteiger partial charge is 0.307 e. The topological polar surface area (TPSA) is 75.0 Å². The van der Waals surface area contributed by atoms with Gasteiger partial charge < -0.3 is 0 Å². The molecule has 4 nitrogen and oxygen atoms in total. The van der Waals surface area contributed by atoms with E-state index in [1.807, 2.05) is 6.08 Å². The highest BCUT2D eigenvalue weighted by Crippen LogP contribution is 2.73. The van der Waals surface area contributed by atoms with E-state index in [1.165, 1.54) is 0 Å². The molecule has 0 spiro atoms. The predicted molar refractivity (Wildman–Crippen MR) is 137 cm³/mol. The molecule has 0 aromatic carbocycles. The maximum Gasteiger partial charge on any atom is 0.307 e. The van der Waals surface area contributed by atoms with Gasteiger partial charge >= 0.3 is 6.04 Å². The Morgan fingerprint density at radius 3 is 2.33 bits per heavy atom. The van der Waals surface area contributed by atoms with Crippen molar-refractivity contribution in [3.05, 3.63) is 23.3 Å². The fraction of sp³-hybridized carbons (Fsp3) is 0.742. The van der Waals surface area contributed by atoms with Crippen molar-refractivity contribution in [2.24, 2.45) is 44.8 Å². The van der Waals surface area contributed by atoms with Crippen molar-refractivity contribution in [1.29, 1.82) is 5.26 Å². The average Bonchev–Trinajstić information content (AvgIpc) is 2.81. The molecule has 3 saturated carbocycles. The van der Waals surface area contributed by atoms with Crippen molar-refractivity contribution in [2.75, 3.05) is 0 Å². The summed E-state index contributed by atoms with van der Waals surface area (Å²) in [5.74, 6) is -0.752. The molecular formula is C31H42FNO3. The van der Waals surface area contributed by atoms with Crippen LogP contribution in [0.5, 0.6) is 0 Å². The van der Waals surface area contributed by atoms with Crippen LogP contribution in [0.2, 0.25) is 0 Å². The molecule has 4 rings (SSSR count). The second-order valence-corrected chi connectivity index (χ2v) is 13.8. The lowest BCUT2D eigenvalue weighted by Gasteiger charge is -2.67. The highest BCUT2D eigenvalue weighted by atomic mass is 19.1. The van der Waals surface area contributed by atoms with Crippen LogP contribution in [0.4, 0.5) is 4.39 Å². The first-order chi connectivity index (χ1) is 16.6. The van der Waals surface area contributed by atoms with Gasteiger partial charge in [0.2, 0.25) is 0 Å². The predicted octanol–water partition coefficient (Wildman–Crippen LogP) is 7.09. The third-order valence-electron chi connectivity index (χ3n) is 11.6. The Balaban J connectivity index is 1.91. The van der Waals surface area contributed by atoms with Gasteiger partial charge in [0.15, 0.2) is 11.6 Å². The molecule has 0 aromatic rings. The van der Waals surface area contributed by atoms with Gasteiger partial charge in [-0.3, -0.25) is 14.4 Å². The molecule has 4 aliphatic carbocycles. The number of nitrogens with zero attached hydrogens (tertiary/aromatic N) is 1. The van der Waals surface area contributed by atoms with Crippen LogP contribution >= 0.6 is 0 Å². The molecule has 36 heavy (non-hydrogen) atoms. The molecule has 0 saturated heterocycles. The maximum atomic E-state index is 14.8. The lowest BCUT2D eigenvalue weighted by molar-refractivity contribution is -0.182. The summed E-state index contributed by atoms with van der Waals surface area (Å²) in [6.45, 7) is 14.7. The van der Waals surface area contributed by atoms with E-state index in [0.717, 1.165) is 24.8 Å². The average molecular weight is 496 g/mol. The molecule has 0 amide bonds. The van der Waals surface area contributed by atoms with E-state index in [-0.39, 0.29) is 46.2 Å². The Bertz CT molecular complexity index is 1110. The summed E-state index contributed by atoms with van der Waals surface area (Å²) in [5, 5.41) is 9.78. The number of nitriles is 1. The van der Waals surface area contributed by atoms with Gasteiger partial charge in [0, 0.05) is 17.8 Å². The molecule has 3 fully saturated rings. The Kier molecular flexibility index (Phi) is 6.34. The van der Waals surface area contributed by atoms with Crippen LogP contribution in [0.1, 0.15) is 99.8 Å². The van der Waals surface area contributed by atoms with E-state index in [2.05, 4.69) is 47.6 Å². The van der Waals surface area contributed by atoms with Gasteiger partial charge in [-0.05, 0) is 79.1 Å². The van der Waals surface area contributed by atoms with Crippen molar-refractivity contribution >= 4 is 17.6 Å². The summed E-state index contributed by atoms with van der Waals surface area (Å²) in [7, 11) is 0. The van der Waals surface area contributed by atoms with Crippen molar-refractivity contribution in [2.45, 2.75) is 99.8 Å². The number of hydrogen-bond donors (Lipinski definition) is 0. The molecular weight excluding hydrogens is 453 g/mol. The monoisotopic (exact) mass is 495 g/mol. The van der Waals surface area contributed by atoms with Crippen molar-refractivity contribution < 1.29 is 18.8 Å². The second-order valence-electron chi connectivity index (χ2n) is 13.8. The minimum Gasteiger partial charge on any atom is -0.295 e. The molecule has 6 unspecified atom stereocenters. The summed E-state index contributed by atoms with van der Waals surface area (Å²) in [6, 6.07) is 0.878. The zero-order chi connectivity index (χ0) is 26.9. The highest BCUT2D eigenvalue weighted by molar-refractivity contribution is 5.99. The highest BCUT2D eigenvalue weighted by Gasteiger charge is 2.69. The molecule has 0 N–H and O–H groups in total. The molecule has 4 aliphatic rings. The Morgan fingerprint density at radius 2 is 1.75 bits per heavy atom. The van der Waals surface area contributed by atoms with E-state index < -0.39 is 28.2 Å². The number of rotatable bonds is 4. The first-order valence-corrected chi connectivity index (χ1v) is 13.7. The third-order valence-corrected chi connectivity index (χ3v) is 11.6. The zero-order valence-corrected chi connectivity index (χ0v) is 23.1. The van der Waals surface area contributed by atoms with Crippen LogP contribution in [0.25, 0.3) is 0 Å². The van der Waals surface area contributed by atoms with Gasteiger partial charge in [-0.2, -0.15) is 9.65 Å². The van der Waals surface area contributed by atoms with Crippen LogP contribution in [-0.4, -0.2) is 17.6 Å². The minimum atomic E-state index is -1.24. The summed E-state index contributed by atoms with van der Waals surface area (Å²) < 4.78 is 14.8. The van der Waals surface area contributed by atoms with Crippen LogP contribution in [0, 0.1) is 56.2 Å². The van der Waals surface area contributed by atoms with E-state index in [9.17, 15) is 24.0 Å². The number of carbonyl (C=O) groups excluding carboxylic acids is 3. The van der Waals surface area contributed by atoms with Crippen molar-refractivity contribution in [3.8, 4) is 6.07 Å². The van der Waals surface area contributed by atoms with Crippen LogP contribution in [0.3, 0.4) is 0 Å². The van der Waals surface area contributed by atoms with Gasteiger partial charge in [-0.15, -0.1) is 0 Å². The van der Waals surface area contributed by atoms with E-state index in [0.29, 0.717) is 25.7 Å². The van der Waals surface area contributed by atoms with Gasteiger partial charge in [0.25, 0.3) is 0 Å². The number of ketones is 2. The summed E-state index contributed by atoms with van der Waals surface area (Å²) in [6.07, 6.45) is 8.73. The minimum absolute atomic E-state index is 0.00736. The molecule has 0 bridgehead atoms. The van der Waals surface area contributed by atoms with Gasteiger partial charge in [-0.25, -0.2) is 0 Å². The van der Waals surface area contributed by atoms with Crippen molar-refractivity contribution in [3.63, 3.8) is 0 Å². The third kappa shape index (κ3) is 3.53. The summed E-state index contributed by atoms with van der Waals surface area (Å²) in [5.41, 5.74) is -1.33. The second kappa shape index (κ2) is 8.47. The van der Waals surface area contributed by atoms with Crippen LogP contribution in [0.15, 0.2) is 23.3 Å². The number of fused-ring (bicyclic) bond motifs is 5. The van der Waals surface area contributed by atoms with E-state index >= 15 is 0 Å². The molecule has 0 radical (unpaired) electrons. The summed E-state index contributed by atoms with van der Waals surface area (Å²) >= 11 is 0. The number of Topliss-reactive ketones (excluding diaryl/α,β-unsaturated/α-hetero) is 1. The summed E-state index contributed by atoms with van der Waals surface area (Å²) in [4.78, 5) is 39.2. The SMILES string of the molecule is CCC(=O)/C(C#N)=C\C1(C)C2=CC(=O)C3C4CC(C)(C)CCC4(C(=O)F)CC[C@@]3(C)C2(C)CCC1C. The lowest BCUT2D eigenvalue weighted by Crippen LogP contribution is -2.64. The standard InChI is InChI=1S/C31H42FNO3/c1-8-22(34)20(18-33)16-28(5)19(2)9-10-29(6)24(28)15-23(35)25-21-17-27(3,4)11-13-31(21,26(32)36)14-12-30(25,29)7/h15-16,19,21,25H,8-14,17H2,1-7H3/b20-16-/t19?,21?,25?,28?,29?,30-,31?/m1/s1. The van der Waals surface area contributed by atoms with Crippen molar-refractivity contribution in [1.82, 2.24) is 0 Å². The number of halogens is 1. The van der Waals surface area contributed by atoms with Gasteiger partial charge in [0.05, 0.1) is 11.0 Å². The fourth-order valence-corrected chi connectivity index (χ4v) is 8.77. The first-order valence-electron chi connectivity index (χ1n) is 13.7. The number of allylic oxidation sites excluding steroid dienone is 4. The smallest absolute Gasteiger partial charge is 0.295 e. The van der Waals surface area contributed by atoms with Gasteiger partial charge in [-0.1, -0.05) is 60.1 Å². The Labute approximate surface area is 215 Å². The Morgan fingerprint density at radius 1 is 1.11 bits per heavy atom. The van der Waals surface area contributed by atoms with Crippen LogP contribution in [-0.2, 0) is 14.4 Å². The maximum absolute atomic E-state index is 14.8. The Hall–Kier alpha value is -2.09. The zero-order valence-electron chi connectivity index (χ0n) is 23.1. The first kappa shape index (κ1) is 27.0. The molecule has 7 atom stereocenters. The molecule has 5 heteroatoms. The molecule has 0 aromatic heterocycles. The van der Waals surface area contributed by atoms with Gasteiger partial charge in [0.1, 0.15) is 6.07 Å². The molecule has 196 valence electrons. The quantitative estimate of drug-likeness (QED) is 0.237. The number of hydrogen-bond acceptors (Lipinski definition) is 4. The van der Waals surface area contributed by atoms with Crippen LogP contribution < -0.4 is 0 Å². The van der Waals surface area contributed by atoms with E-state index in [4.69, 9.17) is 0 Å². The number of carbonyl (C=O) groups is 3. The fourth-order valence-electron chi connectivity index (χ4n) is 8.77. The molecule has 0 aliphatic heterocycles. The normalized spacial score (nSPS) is 43.9. The lowest BCUT2D eigenvalue weighted by atomic mass is 9.35.